The van der Waals surface area contributed by atoms with Gasteiger partial charge < -0.3 is 10.6 Å². The Balaban J connectivity index is 3.14. The number of nitrogens with two attached hydrogens (primary N) is 1. The van der Waals surface area contributed by atoms with Gasteiger partial charge in [0.15, 0.2) is 0 Å². The second kappa shape index (κ2) is 7.77. The van der Waals surface area contributed by atoms with Crippen LogP contribution < -0.4 is 5.73 Å². The summed E-state index contributed by atoms with van der Waals surface area (Å²) in [6.45, 7) is 14.3. The first-order valence-electron chi connectivity index (χ1n) is 8.26. The van der Waals surface area contributed by atoms with Crippen LogP contribution in [0.1, 0.15) is 57.0 Å². The summed E-state index contributed by atoms with van der Waals surface area (Å²) in [6.07, 6.45) is 0.830. The predicted octanol–water partition coefficient (Wildman–Crippen LogP) is 3.86. The van der Waals surface area contributed by atoms with Crippen molar-refractivity contribution < 1.29 is 4.79 Å². The van der Waals surface area contributed by atoms with Crippen LogP contribution >= 0.6 is 0 Å². The van der Waals surface area contributed by atoms with Crippen molar-refractivity contribution in [3.63, 3.8) is 0 Å². The Morgan fingerprint density at radius 1 is 1.18 bits per heavy atom. The maximum absolute atomic E-state index is 13.0. The van der Waals surface area contributed by atoms with Gasteiger partial charge in [0, 0.05) is 18.2 Å². The van der Waals surface area contributed by atoms with Crippen molar-refractivity contribution in [2.45, 2.75) is 54.0 Å². The van der Waals surface area contributed by atoms with Gasteiger partial charge >= 0.3 is 0 Å². The van der Waals surface area contributed by atoms with Crippen LogP contribution in [0.4, 0.5) is 0 Å². The lowest BCUT2D eigenvalue weighted by molar-refractivity contribution is 0.0391. The van der Waals surface area contributed by atoms with Crippen molar-refractivity contribution in [1.29, 1.82) is 0 Å². The number of benzene rings is 1. The second-order valence-corrected chi connectivity index (χ2v) is 7.56. The Labute approximate surface area is 135 Å². The van der Waals surface area contributed by atoms with E-state index >= 15 is 0 Å². The van der Waals surface area contributed by atoms with E-state index in [4.69, 9.17) is 5.73 Å². The zero-order chi connectivity index (χ0) is 16.9. The van der Waals surface area contributed by atoms with E-state index in [0.29, 0.717) is 19.0 Å². The summed E-state index contributed by atoms with van der Waals surface area (Å²) in [4.78, 5) is 15.1. The van der Waals surface area contributed by atoms with Crippen LogP contribution in [-0.4, -0.2) is 29.9 Å². The summed E-state index contributed by atoms with van der Waals surface area (Å²) >= 11 is 0. The average Bonchev–Trinajstić information content (AvgIpc) is 2.41. The van der Waals surface area contributed by atoms with E-state index in [2.05, 4.69) is 34.6 Å². The largest absolute Gasteiger partial charge is 0.335 e. The van der Waals surface area contributed by atoms with E-state index in [1.165, 1.54) is 5.56 Å². The van der Waals surface area contributed by atoms with Crippen molar-refractivity contribution in [3.05, 3.63) is 35.4 Å². The topological polar surface area (TPSA) is 46.3 Å². The van der Waals surface area contributed by atoms with Gasteiger partial charge in [-0.3, -0.25) is 4.79 Å². The summed E-state index contributed by atoms with van der Waals surface area (Å²) < 4.78 is 0. The number of nitrogens with zero attached hydrogens (tertiary/aromatic N) is 1. The summed E-state index contributed by atoms with van der Waals surface area (Å²) in [6, 6.07) is 8.03. The van der Waals surface area contributed by atoms with Gasteiger partial charge in [0.25, 0.3) is 5.91 Å². The van der Waals surface area contributed by atoms with E-state index in [0.717, 1.165) is 12.0 Å². The third-order valence-corrected chi connectivity index (χ3v) is 4.02. The molecular formula is C19H32N2O. The smallest absolute Gasteiger partial charge is 0.254 e. The van der Waals surface area contributed by atoms with Gasteiger partial charge in [-0.2, -0.15) is 0 Å². The molecule has 0 aliphatic heterocycles. The number of hydrogen-bond acceptors (Lipinski definition) is 2. The molecule has 0 aliphatic carbocycles. The lowest BCUT2D eigenvalue weighted by Gasteiger charge is -2.43. The summed E-state index contributed by atoms with van der Waals surface area (Å²) in [7, 11) is 0. The van der Waals surface area contributed by atoms with Gasteiger partial charge in [0.1, 0.15) is 0 Å². The van der Waals surface area contributed by atoms with E-state index < -0.39 is 0 Å². The highest BCUT2D eigenvalue weighted by Gasteiger charge is 2.35. The molecule has 3 heteroatoms. The lowest BCUT2D eigenvalue weighted by Crippen LogP contribution is -2.51. The van der Waals surface area contributed by atoms with E-state index in [-0.39, 0.29) is 17.4 Å². The average molecular weight is 304 g/mol. The predicted molar refractivity (Wildman–Crippen MR) is 94.0 cm³/mol. The Morgan fingerprint density at radius 3 is 2.14 bits per heavy atom. The van der Waals surface area contributed by atoms with Gasteiger partial charge in [0.2, 0.25) is 0 Å². The highest BCUT2D eigenvalue weighted by Crippen LogP contribution is 2.31. The van der Waals surface area contributed by atoms with Gasteiger partial charge in [-0.15, -0.1) is 0 Å². The fourth-order valence-corrected chi connectivity index (χ4v) is 3.32. The number of hydrogen-bond donors (Lipinski definition) is 1. The van der Waals surface area contributed by atoms with Crippen molar-refractivity contribution in [3.8, 4) is 0 Å². The minimum atomic E-state index is 0.0309. The van der Waals surface area contributed by atoms with Gasteiger partial charge in [-0.05, 0) is 43.4 Å². The Kier molecular flexibility index (Phi) is 6.61. The molecule has 1 aromatic rings. The van der Waals surface area contributed by atoms with E-state index in [9.17, 15) is 4.79 Å². The van der Waals surface area contributed by atoms with Crippen LogP contribution in [0.2, 0.25) is 0 Å². The molecular weight excluding hydrogens is 272 g/mol. The molecule has 0 spiro atoms. The van der Waals surface area contributed by atoms with Crippen LogP contribution in [0, 0.1) is 18.3 Å². The molecule has 124 valence electrons. The molecule has 0 aliphatic rings. The maximum atomic E-state index is 13.0. The minimum Gasteiger partial charge on any atom is -0.335 e. The summed E-state index contributed by atoms with van der Waals surface area (Å²) in [5.74, 6) is 0.509. The molecule has 22 heavy (non-hydrogen) atoms. The lowest BCUT2D eigenvalue weighted by atomic mass is 9.79. The van der Waals surface area contributed by atoms with Gasteiger partial charge in [0.05, 0.1) is 0 Å². The maximum Gasteiger partial charge on any atom is 0.254 e. The first kappa shape index (κ1) is 18.7. The molecule has 3 nitrogen and oxygen atoms in total. The van der Waals surface area contributed by atoms with Gasteiger partial charge in [-0.1, -0.05) is 52.3 Å². The molecule has 0 bridgehead atoms. The number of amides is 1. The van der Waals surface area contributed by atoms with Crippen molar-refractivity contribution in [1.82, 2.24) is 4.90 Å². The number of aryl methyl sites for hydroxylation is 1. The third kappa shape index (κ3) is 4.84. The van der Waals surface area contributed by atoms with Crippen molar-refractivity contribution in [2.24, 2.45) is 17.1 Å². The monoisotopic (exact) mass is 304 g/mol. The van der Waals surface area contributed by atoms with Crippen molar-refractivity contribution >= 4 is 5.91 Å². The number of carbonyl (C=O) groups excluding carboxylic acids is 1. The summed E-state index contributed by atoms with van der Waals surface area (Å²) in [5.41, 5.74) is 7.64. The minimum absolute atomic E-state index is 0.0309. The second-order valence-electron chi connectivity index (χ2n) is 7.56. The highest BCUT2D eigenvalue weighted by molar-refractivity contribution is 5.94. The van der Waals surface area contributed by atoms with Crippen LogP contribution in [0.25, 0.3) is 0 Å². The van der Waals surface area contributed by atoms with Crippen molar-refractivity contribution in [2.75, 3.05) is 13.1 Å². The quantitative estimate of drug-likeness (QED) is 0.867. The van der Waals surface area contributed by atoms with Crippen LogP contribution in [0.5, 0.6) is 0 Å². The Hall–Kier alpha value is -1.35. The highest BCUT2D eigenvalue weighted by atomic mass is 16.2. The third-order valence-electron chi connectivity index (χ3n) is 4.02. The molecule has 0 heterocycles. The van der Waals surface area contributed by atoms with E-state index in [1.54, 1.807) is 0 Å². The first-order valence-corrected chi connectivity index (χ1v) is 8.26. The number of carbonyl (C=O) groups is 1. The van der Waals surface area contributed by atoms with Crippen LogP contribution in [-0.2, 0) is 0 Å². The molecule has 1 atom stereocenters. The Morgan fingerprint density at radius 2 is 1.73 bits per heavy atom. The van der Waals surface area contributed by atoms with Crippen LogP contribution in [0.15, 0.2) is 24.3 Å². The van der Waals surface area contributed by atoms with Crippen LogP contribution in [0.3, 0.4) is 0 Å². The zero-order valence-electron chi connectivity index (χ0n) is 15.0. The molecule has 2 N–H and O–H groups in total. The molecule has 0 saturated heterocycles. The molecule has 1 amide bonds. The van der Waals surface area contributed by atoms with E-state index in [1.807, 2.05) is 36.1 Å². The SMILES string of the molecule is Cc1ccc(C(=O)N(CCCN)C(C(C)C)C(C)(C)C)cc1. The Bertz CT molecular complexity index is 471. The molecule has 1 unspecified atom stereocenters. The first-order chi connectivity index (χ1) is 10.2. The molecule has 0 saturated carbocycles. The fraction of sp³-hybridized carbons (Fsp3) is 0.632. The molecule has 1 aromatic carbocycles. The fourth-order valence-electron chi connectivity index (χ4n) is 3.32. The van der Waals surface area contributed by atoms with Gasteiger partial charge in [-0.25, -0.2) is 0 Å². The summed E-state index contributed by atoms with van der Waals surface area (Å²) in [5, 5.41) is 0. The zero-order valence-corrected chi connectivity index (χ0v) is 15.0. The molecule has 0 radical (unpaired) electrons. The number of rotatable bonds is 6. The molecule has 1 rings (SSSR count). The standard InChI is InChI=1S/C19H32N2O/c1-14(2)17(19(4,5)6)21(13-7-12-20)18(22)16-10-8-15(3)9-11-16/h8-11,14,17H,7,12-13,20H2,1-6H3. The molecule has 0 aromatic heterocycles. The molecule has 0 fully saturated rings. The normalized spacial score (nSPS) is 13.3.